The SMILES string of the molecule is CCCCCCCC(C)C(=O)OC(=O)C(C)(C)COS(=O)(=O)Cl. The van der Waals surface area contributed by atoms with Gasteiger partial charge in [-0.15, -0.1) is 0 Å². The molecular weight excluding hydrogens is 344 g/mol. The third kappa shape index (κ3) is 10.7. The van der Waals surface area contributed by atoms with E-state index < -0.39 is 33.3 Å². The number of unbranched alkanes of at least 4 members (excludes halogenated alkanes) is 4. The second-order valence-electron chi connectivity index (χ2n) is 6.35. The van der Waals surface area contributed by atoms with Gasteiger partial charge in [-0.3, -0.25) is 13.8 Å². The van der Waals surface area contributed by atoms with Gasteiger partial charge < -0.3 is 4.74 Å². The fourth-order valence-electron chi connectivity index (χ4n) is 1.78. The van der Waals surface area contributed by atoms with Crippen molar-refractivity contribution in [2.75, 3.05) is 6.61 Å². The number of esters is 2. The van der Waals surface area contributed by atoms with Gasteiger partial charge in [-0.05, 0) is 20.3 Å². The van der Waals surface area contributed by atoms with Gasteiger partial charge in [-0.2, -0.15) is 8.42 Å². The highest BCUT2D eigenvalue weighted by molar-refractivity contribution is 8.09. The van der Waals surface area contributed by atoms with E-state index in [1.807, 2.05) is 0 Å². The van der Waals surface area contributed by atoms with E-state index in [9.17, 15) is 18.0 Å². The molecule has 0 spiro atoms. The zero-order valence-electron chi connectivity index (χ0n) is 14.3. The average Bonchev–Trinajstić information content (AvgIpc) is 2.44. The Kier molecular flexibility index (Phi) is 9.96. The van der Waals surface area contributed by atoms with Crippen LogP contribution in [0.2, 0.25) is 0 Å². The van der Waals surface area contributed by atoms with Crippen LogP contribution in [0.5, 0.6) is 0 Å². The lowest BCUT2D eigenvalue weighted by Crippen LogP contribution is -2.34. The van der Waals surface area contributed by atoms with Gasteiger partial charge in [0.15, 0.2) is 0 Å². The molecule has 0 fully saturated rings. The summed E-state index contributed by atoms with van der Waals surface area (Å²) >= 11 is 0. The van der Waals surface area contributed by atoms with Crippen LogP contribution in [-0.4, -0.2) is 27.0 Å². The van der Waals surface area contributed by atoms with Gasteiger partial charge in [0.25, 0.3) is 0 Å². The molecule has 23 heavy (non-hydrogen) atoms. The summed E-state index contributed by atoms with van der Waals surface area (Å²) in [5.41, 5.74) is -1.29. The normalized spacial score (nSPS) is 13.6. The fourth-order valence-corrected chi connectivity index (χ4v) is 2.35. The zero-order chi connectivity index (χ0) is 18.1. The van der Waals surface area contributed by atoms with Crippen molar-refractivity contribution in [2.24, 2.45) is 11.3 Å². The lowest BCUT2D eigenvalue weighted by molar-refractivity contribution is -0.169. The molecule has 0 N–H and O–H groups in total. The standard InChI is InChI=1S/C15H27ClO6S/c1-5-6-7-8-9-10-12(2)13(17)22-14(18)15(3,4)11-21-23(16,19)20/h12H,5-11H2,1-4H3. The second kappa shape index (κ2) is 10.3. The molecule has 0 aliphatic carbocycles. The quantitative estimate of drug-likeness (QED) is 0.239. The number of carbonyl (C=O) groups is 2. The molecule has 0 aliphatic rings. The molecule has 0 saturated heterocycles. The van der Waals surface area contributed by atoms with E-state index in [0.29, 0.717) is 6.42 Å². The van der Waals surface area contributed by atoms with Crippen LogP contribution < -0.4 is 0 Å². The van der Waals surface area contributed by atoms with E-state index >= 15 is 0 Å². The van der Waals surface area contributed by atoms with Gasteiger partial charge in [0.2, 0.25) is 0 Å². The second-order valence-corrected chi connectivity index (χ2v) is 8.51. The zero-order valence-corrected chi connectivity index (χ0v) is 15.8. The van der Waals surface area contributed by atoms with Crippen molar-refractivity contribution in [2.45, 2.75) is 66.2 Å². The topological polar surface area (TPSA) is 86.7 Å². The molecule has 0 heterocycles. The van der Waals surface area contributed by atoms with Crippen LogP contribution in [0.4, 0.5) is 0 Å². The molecule has 0 amide bonds. The maximum atomic E-state index is 12.0. The monoisotopic (exact) mass is 370 g/mol. The minimum absolute atomic E-state index is 0.381. The Labute approximate surface area is 143 Å². The molecule has 8 heteroatoms. The lowest BCUT2D eigenvalue weighted by atomic mass is 9.95. The Morgan fingerprint density at radius 1 is 1.13 bits per heavy atom. The van der Waals surface area contributed by atoms with Gasteiger partial charge >= 0.3 is 21.3 Å². The van der Waals surface area contributed by atoms with Crippen molar-refractivity contribution < 1.29 is 26.9 Å². The molecule has 0 aromatic heterocycles. The third-order valence-electron chi connectivity index (χ3n) is 3.45. The molecule has 136 valence electrons. The lowest BCUT2D eigenvalue weighted by Gasteiger charge is -2.21. The van der Waals surface area contributed by atoms with Crippen LogP contribution in [0.1, 0.15) is 66.2 Å². The molecular formula is C15H27ClO6S. The summed E-state index contributed by atoms with van der Waals surface area (Å²) in [6.45, 7) is 6.19. The Morgan fingerprint density at radius 2 is 1.70 bits per heavy atom. The van der Waals surface area contributed by atoms with Crippen molar-refractivity contribution in [1.29, 1.82) is 0 Å². The first kappa shape index (κ1) is 22.3. The third-order valence-corrected chi connectivity index (χ3v) is 4.12. The number of hydrogen-bond acceptors (Lipinski definition) is 6. The van der Waals surface area contributed by atoms with Gasteiger partial charge in [-0.25, -0.2) is 0 Å². The van der Waals surface area contributed by atoms with E-state index in [4.69, 9.17) is 15.4 Å². The number of rotatable bonds is 11. The molecule has 1 atom stereocenters. The van der Waals surface area contributed by atoms with E-state index in [-0.39, 0.29) is 5.92 Å². The largest absolute Gasteiger partial charge is 0.392 e. The predicted molar refractivity (Wildman–Crippen MR) is 88.1 cm³/mol. The summed E-state index contributed by atoms with van der Waals surface area (Å²) in [6.07, 6.45) is 6.07. The van der Waals surface area contributed by atoms with Crippen molar-refractivity contribution in [3.63, 3.8) is 0 Å². The molecule has 0 aliphatic heterocycles. The van der Waals surface area contributed by atoms with E-state index in [1.54, 1.807) is 6.92 Å². The van der Waals surface area contributed by atoms with Crippen molar-refractivity contribution in [3.05, 3.63) is 0 Å². The fraction of sp³-hybridized carbons (Fsp3) is 0.867. The van der Waals surface area contributed by atoms with Crippen LogP contribution >= 0.6 is 10.7 Å². The maximum absolute atomic E-state index is 12.0. The Hall–Kier alpha value is -0.660. The minimum Gasteiger partial charge on any atom is -0.392 e. The minimum atomic E-state index is -4.18. The van der Waals surface area contributed by atoms with Crippen molar-refractivity contribution >= 4 is 32.0 Å². The summed E-state index contributed by atoms with van der Waals surface area (Å²) in [7, 11) is 0.748. The maximum Gasteiger partial charge on any atom is 0.355 e. The molecule has 1 unspecified atom stereocenters. The first-order chi connectivity index (χ1) is 10.5. The van der Waals surface area contributed by atoms with Crippen molar-refractivity contribution in [1.82, 2.24) is 0 Å². The first-order valence-corrected chi connectivity index (χ1v) is 10.1. The molecule has 0 aromatic carbocycles. The number of halogens is 1. The smallest absolute Gasteiger partial charge is 0.355 e. The number of ether oxygens (including phenoxy) is 1. The highest BCUT2D eigenvalue weighted by Crippen LogP contribution is 2.21. The predicted octanol–water partition coefficient (Wildman–Crippen LogP) is 3.58. The molecule has 0 aromatic rings. The van der Waals surface area contributed by atoms with Crippen LogP contribution in [-0.2, 0) is 27.8 Å². The van der Waals surface area contributed by atoms with Gasteiger partial charge in [0, 0.05) is 10.7 Å². The molecule has 0 saturated carbocycles. The first-order valence-electron chi connectivity index (χ1n) is 7.84. The van der Waals surface area contributed by atoms with Crippen LogP contribution in [0.25, 0.3) is 0 Å². The molecule has 0 radical (unpaired) electrons. The van der Waals surface area contributed by atoms with Gasteiger partial charge in [0.05, 0.1) is 17.9 Å². The molecule has 6 nitrogen and oxygen atoms in total. The average molecular weight is 371 g/mol. The Balaban J connectivity index is 4.28. The summed E-state index contributed by atoms with van der Waals surface area (Å²) in [6, 6.07) is 0. The highest BCUT2D eigenvalue weighted by atomic mass is 35.7. The Bertz CT molecular complexity index is 486. The highest BCUT2D eigenvalue weighted by Gasteiger charge is 2.34. The van der Waals surface area contributed by atoms with Crippen molar-refractivity contribution in [3.8, 4) is 0 Å². The summed E-state index contributed by atoms with van der Waals surface area (Å²) in [5.74, 6) is -1.82. The number of carbonyl (C=O) groups excluding carboxylic acids is 2. The van der Waals surface area contributed by atoms with E-state index in [1.165, 1.54) is 20.3 Å². The van der Waals surface area contributed by atoms with E-state index in [0.717, 1.165) is 25.7 Å². The van der Waals surface area contributed by atoms with Crippen LogP contribution in [0.3, 0.4) is 0 Å². The van der Waals surface area contributed by atoms with Crippen LogP contribution in [0, 0.1) is 11.3 Å². The summed E-state index contributed by atoms with van der Waals surface area (Å²) in [4.78, 5) is 23.8. The van der Waals surface area contributed by atoms with Crippen LogP contribution in [0.15, 0.2) is 0 Å². The summed E-state index contributed by atoms with van der Waals surface area (Å²) < 4.78 is 30.7. The van der Waals surface area contributed by atoms with Gasteiger partial charge in [0.1, 0.15) is 0 Å². The molecule has 0 bridgehead atoms. The molecule has 0 rings (SSSR count). The number of hydrogen-bond donors (Lipinski definition) is 0. The Morgan fingerprint density at radius 3 is 2.22 bits per heavy atom. The van der Waals surface area contributed by atoms with Gasteiger partial charge in [-0.1, -0.05) is 46.0 Å². The van der Waals surface area contributed by atoms with E-state index in [2.05, 4.69) is 11.1 Å². The summed E-state index contributed by atoms with van der Waals surface area (Å²) in [5, 5.41) is 0.